The van der Waals surface area contributed by atoms with E-state index < -0.39 is 5.67 Å². The highest BCUT2D eigenvalue weighted by Gasteiger charge is 2.49. The SMILES string of the molecule is NCC1(F)CC(C(=O)N2CCCCC2Cn2ccnn2)C1. The second kappa shape index (κ2) is 5.71. The van der Waals surface area contributed by atoms with Crippen molar-refractivity contribution in [1.82, 2.24) is 19.9 Å². The number of carbonyl (C=O) groups excluding carboxylic acids is 1. The van der Waals surface area contributed by atoms with Crippen LogP contribution in [-0.4, -0.2) is 50.6 Å². The maximum Gasteiger partial charge on any atom is 0.226 e. The molecule has 0 spiro atoms. The Hall–Kier alpha value is -1.50. The van der Waals surface area contributed by atoms with Gasteiger partial charge in [0.25, 0.3) is 0 Å². The number of rotatable bonds is 4. The first kappa shape index (κ1) is 14.4. The number of nitrogens with two attached hydrogens (primary N) is 1. The summed E-state index contributed by atoms with van der Waals surface area (Å²) < 4.78 is 15.7. The van der Waals surface area contributed by atoms with Crippen molar-refractivity contribution in [3.63, 3.8) is 0 Å². The van der Waals surface area contributed by atoms with Gasteiger partial charge in [0, 0.05) is 25.2 Å². The fraction of sp³-hybridized carbons (Fsp3) is 0.786. The van der Waals surface area contributed by atoms with Crippen LogP contribution in [0.5, 0.6) is 0 Å². The van der Waals surface area contributed by atoms with Crippen LogP contribution in [0.2, 0.25) is 0 Å². The van der Waals surface area contributed by atoms with E-state index in [2.05, 4.69) is 10.3 Å². The van der Waals surface area contributed by atoms with E-state index in [1.807, 2.05) is 11.1 Å². The predicted molar refractivity (Wildman–Crippen MR) is 75.0 cm³/mol. The van der Waals surface area contributed by atoms with Crippen molar-refractivity contribution in [2.45, 2.75) is 50.4 Å². The minimum atomic E-state index is -1.32. The summed E-state index contributed by atoms with van der Waals surface area (Å²) in [5.74, 6) is -0.114. The second-order valence-electron chi connectivity index (χ2n) is 6.27. The average molecular weight is 295 g/mol. The fourth-order valence-electron chi connectivity index (χ4n) is 3.43. The molecule has 1 aliphatic carbocycles. The number of halogens is 1. The molecule has 1 saturated carbocycles. The molecule has 2 fully saturated rings. The highest BCUT2D eigenvalue weighted by Crippen LogP contribution is 2.42. The summed E-state index contributed by atoms with van der Waals surface area (Å²) in [5, 5.41) is 7.77. The number of likely N-dealkylation sites (tertiary alicyclic amines) is 1. The van der Waals surface area contributed by atoms with E-state index in [4.69, 9.17) is 5.73 Å². The lowest BCUT2D eigenvalue weighted by Crippen LogP contribution is -2.55. The van der Waals surface area contributed by atoms with Crippen molar-refractivity contribution in [1.29, 1.82) is 0 Å². The van der Waals surface area contributed by atoms with Crippen molar-refractivity contribution in [2.75, 3.05) is 13.1 Å². The van der Waals surface area contributed by atoms with E-state index >= 15 is 0 Å². The molecule has 2 N–H and O–H groups in total. The zero-order valence-corrected chi connectivity index (χ0v) is 12.1. The molecule has 1 aromatic rings. The minimum Gasteiger partial charge on any atom is -0.338 e. The van der Waals surface area contributed by atoms with Gasteiger partial charge in [-0.15, -0.1) is 5.10 Å². The molecule has 7 heteroatoms. The van der Waals surface area contributed by atoms with Gasteiger partial charge >= 0.3 is 0 Å². The second-order valence-corrected chi connectivity index (χ2v) is 6.27. The molecular formula is C14H22FN5O. The Morgan fingerprint density at radius 3 is 2.90 bits per heavy atom. The third-order valence-corrected chi connectivity index (χ3v) is 4.72. The molecular weight excluding hydrogens is 273 g/mol. The Morgan fingerprint density at radius 2 is 2.24 bits per heavy atom. The molecule has 1 aromatic heterocycles. The van der Waals surface area contributed by atoms with Crippen LogP contribution in [0, 0.1) is 5.92 Å². The van der Waals surface area contributed by atoms with E-state index in [1.165, 1.54) is 0 Å². The molecule has 2 aliphatic rings. The van der Waals surface area contributed by atoms with Crippen molar-refractivity contribution < 1.29 is 9.18 Å². The number of piperidine rings is 1. The number of alkyl halides is 1. The predicted octanol–water partition coefficient (Wildman–Crippen LogP) is 0.736. The Morgan fingerprint density at radius 1 is 1.43 bits per heavy atom. The number of nitrogens with zero attached hydrogens (tertiary/aromatic N) is 4. The summed E-state index contributed by atoms with van der Waals surface area (Å²) in [6, 6.07) is 0.139. The number of carbonyl (C=O) groups is 1. The zero-order chi connectivity index (χ0) is 14.9. The zero-order valence-electron chi connectivity index (χ0n) is 12.1. The molecule has 3 rings (SSSR count). The van der Waals surface area contributed by atoms with Gasteiger partial charge in [-0.2, -0.15) is 0 Å². The van der Waals surface area contributed by atoms with Gasteiger partial charge in [-0.05, 0) is 32.1 Å². The lowest BCUT2D eigenvalue weighted by atomic mass is 9.71. The van der Waals surface area contributed by atoms with Gasteiger partial charge in [0.2, 0.25) is 5.91 Å². The van der Waals surface area contributed by atoms with E-state index in [0.29, 0.717) is 6.54 Å². The molecule has 1 aliphatic heterocycles. The molecule has 2 heterocycles. The molecule has 21 heavy (non-hydrogen) atoms. The maximum atomic E-state index is 13.9. The summed E-state index contributed by atoms with van der Waals surface area (Å²) in [5.41, 5.74) is 4.09. The molecule has 0 radical (unpaired) electrons. The van der Waals surface area contributed by atoms with Crippen molar-refractivity contribution in [2.24, 2.45) is 11.7 Å². The van der Waals surface area contributed by atoms with E-state index in [1.54, 1.807) is 10.9 Å². The van der Waals surface area contributed by atoms with E-state index in [0.717, 1.165) is 25.8 Å². The van der Waals surface area contributed by atoms with E-state index in [9.17, 15) is 9.18 Å². The molecule has 1 atom stereocenters. The van der Waals surface area contributed by atoms with Gasteiger partial charge in [0.15, 0.2) is 0 Å². The molecule has 1 unspecified atom stereocenters. The van der Waals surface area contributed by atoms with Gasteiger partial charge < -0.3 is 10.6 Å². The molecule has 6 nitrogen and oxygen atoms in total. The Bertz CT molecular complexity index is 486. The third-order valence-electron chi connectivity index (χ3n) is 4.72. The largest absolute Gasteiger partial charge is 0.338 e. The van der Waals surface area contributed by atoms with Gasteiger partial charge in [0.05, 0.1) is 18.8 Å². The van der Waals surface area contributed by atoms with Crippen LogP contribution in [0.1, 0.15) is 32.1 Å². The number of hydrogen-bond acceptors (Lipinski definition) is 4. The highest BCUT2D eigenvalue weighted by atomic mass is 19.1. The molecule has 1 saturated heterocycles. The van der Waals surface area contributed by atoms with Gasteiger partial charge in [-0.3, -0.25) is 9.48 Å². The lowest BCUT2D eigenvalue weighted by Gasteiger charge is -2.44. The molecule has 116 valence electrons. The molecule has 1 amide bonds. The normalized spacial score (nSPS) is 32.8. The first-order valence-electron chi connectivity index (χ1n) is 7.65. The molecule has 0 bridgehead atoms. The number of amides is 1. The van der Waals surface area contributed by atoms with Crippen LogP contribution in [0.15, 0.2) is 12.4 Å². The van der Waals surface area contributed by atoms with E-state index in [-0.39, 0.29) is 37.3 Å². The summed E-state index contributed by atoms with van der Waals surface area (Å²) in [7, 11) is 0. The van der Waals surface area contributed by atoms with Crippen LogP contribution in [0.3, 0.4) is 0 Å². The topological polar surface area (TPSA) is 77.0 Å². The monoisotopic (exact) mass is 295 g/mol. The highest BCUT2D eigenvalue weighted by molar-refractivity contribution is 5.80. The molecule has 0 aromatic carbocycles. The lowest BCUT2D eigenvalue weighted by molar-refractivity contribution is -0.148. The smallest absolute Gasteiger partial charge is 0.226 e. The van der Waals surface area contributed by atoms with Crippen LogP contribution in [-0.2, 0) is 11.3 Å². The quantitative estimate of drug-likeness (QED) is 0.888. The Kier molecular flexibility index (Phi) is 3.93. The summed E-state index contributed by atoms with van der Waals surface area (Å²) in [6.07, 6.45) is 7.09. The first-order valence-corrected chi connectivity index (χ1v) is 7.65. The summed E-state index contributed by atoms with van der Waals surface area (Å²) in [4.78, 5) is 14.5. The minimum absolute atomic E-state index is 0.0131. The Labute approximate surface area is 123 Å². The third kappa shape index (κ3) is 2.92. The average Bonchev–Trinajstić information content (AvgIpc) is 2.97. The van der Waals surface area contributed by atoms with Crippen LogP contribution in [0.4, 0.5) is 4.39 Å². The van der Waals surface area contributed by atoms with Crippen LogP contribution < -0.4 is 5.73 Å². The van der Waals surface area contributed by atoms with Gasteiger partial charge in [-0.1, -0.05) is 5.21 Å². The first-order chi connectivity index (χ1) is 10.1. The summed E-state index contributed by atoms with van der Waals surface area (Å²) in [6.45, 7) is 1.44. The fourth-order valence-corrected chi connectivity index (χ4v) is 3.43. The number of aromatic nitrogens is 3. The standard InChI is InChI=1S/C14H22FN5O/c15-14(10-16)7-11(8-14)13(21)20-5-2-1-3-12(20)9-19-6-4-17-18-19/h4,6,11-12H,1-3,5,7-10,16H2. The van der Waals surface area contributed by atoms with Crippen molar-refractivity contribution in [3.8, 4) is 0 Å². The Balaban J connectivity index is 1.63. The number of hydrogen-bond donors (Lipinski definition) is 1. The van der Waals surface area contributed by atoms with Crippen molar-refractivity contribution in [3.05, 3.63) is 12.4 Å². The van der Waals surface area contributed by atoms with Crippen LogP contribution >= 0.6 is 0 Å². The summed E-state index contributed by atoms with van der Waals surface area (Å²) >= 11 is 0. The maximum absolute atomic E-state index is 13.9. The van der Waals surface area contributed by atoms with Gasteiger partial charge in [-0.25, -0.2) is 4.39 Å². The van der Waals surface area contributed by atoms with Gasteiger partial charge in [0.1, 0.15) is 5.67 Å². The van der Waals surface area contributed by atoms with Crippen LogP contribution in [0.25, 0.3) is 0 Å². The van der Waals surface area contributed by atoms with Crippen molar-refractivity contribution >= 4 is 5.91 Å².